The van der Waals surface area contributed by atoms with Crippen LogP contribution < -0.4 is 16.5 Å². The molecule has 0 aliphatic carbocycles. The van der Waals surface area contributed by atoms with Gasteiger partial charge in [-0.15, -0.1) is 0 Å². The Bertz CT molecular complexity index is 1020. The normalized spacial score (nSPS) is 11.3. The number of hydrogen-bond acceptors (Lipinski definition) is 11. The number of hydrogen-bond donors (Lipinski definition) is 5. The molecule has 0 atom stereocenters. The van der Waals surface area contributed by atoms with Gasteiger partial charge in [-0.1, -0.05) is 12.1 Å². The molecule has 0 aliphatic rings. The number of Topliss-reactive ketones (excluding diaryl/α,β-unsaturated/α-hetero) is 3. The summed E-state index contributed by atoms with van der Waals surface area (Å²) in [5.41, 5.74) is 9.08. The molecule has 14 heteroatoms. The van der Waals surface area contributed by atoms with Gasteiger partial charge in [0.15, 0.2) is 5.96 Å². The first-order valence-corrected chi connectivity index (χ1v) is 14.3. The van der Waals surface area contributed by atoms with Crippen LogP contribution in [0.4, 0.5) is 11.4 Å². The molecule has 1 amide bonds. The number of rotatable bonds is 21. The van der Waals surface area contributed by atoms with Crippen LogP contribution in [0.25, 0.3) is 0 Å². The quantitative estimate of drug-likeness (QED) is 0.0560. The number of nitrogens with two attached hydrogens (primary N) is 1. The van der Waals surface area contributed by atoms with Crippen LogP contribution in [-0.4, -0.2) is 146 Å². The van der Waals surface area contributed by atoms with E-state index in [-0.39, 0.29) is 42.2 Å². The summed E-state index contributed by atoms with van der Waals surface area (Å²) in [6.07, 6.45) is 0.740. The fraction of sp³-hybridized carbons (Fsp3) is 0.621. The molecule has 1 aromatic carbocycles. The highest BCUT2D eigenvalue weighted by molar-refractivity contribution is 5.95. The summed E-state index contributed by atoms with van der Waals surface area (Å²) in [6.45, 7) is 8.95. The van der Waals surface area contributed by atoms with E-state index in [0.29, 0.717) is 76.7 Å². The van der Waals surface area contributed by atoms with E-state index in [9.17, 15) is 24.4 Å². The van der Waals surface area contributed by atoms with E-state index in [1.165, 1.54) is 13.8 Å². The third kappa shape index (κ3) is 19.4. The van der Waals surface area contributed by atoms with Crippen LogP contribution in [0.5, 0.6) is 0 Å². The highest BCUT2D eigenvalue weighted by atomic mass is 16.5. The van der Waals surface area contributed by atoms with E-state index in [1.54, 1.807) is 36.1 Å². The Morgan fingerprint density at radius 2 is 1.28 bits per heavy atom. The average molecular weight is 609 g/mol. The maximum absolute atomic E-state index is 13.2. The maximum Gasteiger partial charge on any atom is 0.222 e. The number of aliphatic imine (C=N–C) groups is 1. The van der Waals surface area contributed by atoms with E-state index >= 15 is 0 Å². The molecule has 0 radical (unpaired) electrons. The third-order valence-electron chi connectivity index (χ3n) is 6.16. The summed E-state index contributed by atoms with van der Waals surface area (Å²) in [6, 6.07) is 6.97. The van der Waals surface area contributed by atoms with Gasteiger partial charge < -0.3 is 21.1 Å². The lowest BCUT2D eigenvalue weighted by molar-refractivity contribution is -0.131. The second kappa shape index (κ2) is 23.1. The van der Waals surface area contributed by atoms with Crippen LogP contribution in [-0.2, 0) is 19.2 Å². The Balaban J connectivity index is 0.00000862. The van der Waals surface area contributed by atoms with Crippen molar-refractivity contribution >= 4 is 40.6 Å². The molecule has 1 aromatic rings. The molecule has 0 saturated carbocycles. The first-order chi connectivity index (χ1) is 20.4. The molecule has 0 fully saturated rings. The number of carbonyl (C=O) groups excluding carboxylic acids is 4. The van der Waals surface area contributed by atoms with Crippen molar-refractivity contribution in [3.8, 4) is 0 Å². The highest BCUT2D eigenvalue weighted by Crippen LogP contribution is 2.19. The first kappa shape index (κ1) is 39.6. The number of aliphatic hydroxyl groups excluding tert-OH is 1. The van der Waals surface area contributed by atoms with Crippen molar-refractivity contribution in [3.63, 3.8) is 0 Å². The Morgan fingerprint density at radius 1 is 0.791 bits per heavy atom. The number of nitrogens with zero attached hydrogens (tertiary/aromatic N) is 5. The van der Waals surface area contributed by atoms with Crippen molar-refractivity contribution in [2.24, 2.45) is 10.7 Å². The van der Waals surface area contributed by atoms with Crippen LogP contribution in [0.1, 0.15) is 33.6 Å². The molecule has 14 nitrogen and oxygen atoms in total. The van der Waals surface area contributed by atoms with E-state index in [2.05, 4.69) is 15.8 Å². The predicted molar refractivity (Wildman–Crippen MR) is 169 cm³/mol. The van der Waals surface area contributed by atoms with Gasteiger partial charge in [-0.25, -0.2) is 0 Å². The minimum absolute atomic E-state index is 0.0275. The van der Waals surface area contributed by atoms with Crippen molar-refractivity contribution in [2.45, 2.75) is 33.6 Å². The third-order valence-corrected chi connectivity index (χ3v) is 6.16. The summed E-state index contributed by atoms with van der Waals surface area (Å²) in [5, 5.41) is 19.1. The maximum atomic E-state index is 13.2. The highest BCUT2D eigenvalue weighted by Gasteiger charge is 2.17. The molecule has 0 spiro atoms. The second-order valence-electron chi connectivity index (χ2n) is 10.4. The summed E-state index contributed by atoms with van der Waals surface area (Å²) in [7, 11) is 4.70. The number of carbonyl (C=O) groups is 4. The van der Waals surface area contributed by atoms with Gasteiger partial charge in [0.1, 0.15) is 17.3 Å². The van der Waals surface area contributed by atoms with Crippen LogP contribution in [0.15, 0.2) is 29.3 Å². The average Bonchev–Trinajstić information content (AvgIpc) is 2.94. The lowest BCUT2D eigenvalue weighted by Crippen LogP contribution is -2.45. The Labute approximate surface area is 255 Å². The van der Waals surface area contributed by atoms with Gasteiger partial charge in [0, 0.05) is 59.3 Å². The minimum Gasteiger partial charge on any atom is -0.400 e. The number of benzene rings is 1. The zero-order chi connectivity index (χ0) is 32.8. The molecule has 0 unspecified atom stereocenters. The number of nitrogens with one attached hydrogen (secondary N) is 2. The zero-order valence-electron chi connectivity index (χ0n) is 26.6. The lowest BCUT2D eigenvalue weighted by atomic mass is 10.2. The number of ketones is 3. The Kier molecular flexibility index (Phi) is 21.2. The van der Waals surface area contributed by atoms with Gasteiger partial charge in [0.05, 0.1) is 31.0 Å². The second-order valence-corrected chi connectivity index (χ2v) is 10.4. The smallest absolute Gasteiger partial charge is 0.222 e. The van der Waals surface area contributed by atoms with Crippen molar-refractivity contribution in [2.75, 3.05) is 97.4 Å². The fourth-order valence-electron chi connectivity index (χ4n) is 4.19. The Morgan fingerprint density at radius 3 is 1.81 bits per heavy atom. The molecule has 43 heavy (non-hydrogen) atoms. The van der Waals surface area contributed by atoms with Gasteiger partial charge in [0.25, 0.3) is 0 Å². The number of anilines is 2. The van der Waals surface area contributed by atoms with Crippen molar-refractivity contribution < 1.29 is 29.5 Å². The van der Waals surface area contributed by atoms with Crippen LogP contribution in [0.2, 0.25) is 0 Å². The van der Waals surface area contributed by atoms with E-state index in [0.717, 1.165) is 7.11 Å². The molecular formula is C29H52N8O6. The standard InChI is InChI=1S/C28H48N8O5.CH4O/c1-22(37)19-33(4)13-15-35(21-24(3)39)16-18-36(17-14-34(5)20-23(2)38)27(40)11-8-12-30-28(29)31-25-9-6-7-10-26(25)32-41;1-2/h6-7,9-10,32,41H,8,11-21H2,1-5H3,(H3,29,30,31);2H,1H3. The first-order valence-electron chi connectivity index (χ1n) is 14.3. The largest absolute Gasteiger partial charge is 0.400 e. The molecule has 0 heterocycles. The predicted octanol–water partition coefficient (Wildman–Crippen LogP) is 0.364. The summed E-state index contributed by atoms with van der Waals surface area (Å²) < 4.78 is 0. The summed E-state index contributed by atoms with van der Waals surface area (Å²) in [5.74, 6) is 0.270. The molecule has 0 saturated heterocycles. The van der Waals surface area contributed by atoms with Crippen LogP contribution in [0, 0.1) is 0 Å². The van der Waals surface area contributed by atoms with E-state index in [1.807, 2.05) is 28.8 Å². The number of para-hydroxylation sites is 2. The summed E-state index contributed by atoms with van der Waals surface area (Å²) >= 11 is 0. The van der Waals surface area contributed by atoms with Crippen molar-refractivity contribution in [1.82, 2.24) is 19.6 Å². The molecule has 0 aromatic heterocycles. The van der Waals surface area contributed by atoms with Gasteiger partial charge in [0.2, 0.25) is 5.91 Å². The molecule has 1 rings (SSSR count). The van der Waals surface area contributed by atoms with Gasteiger partial charge in [-0.05, 0) is 53.4 Å². The van der Waals surface area contributed by atoms with E-state index < -0.39 is 0 Å². The summed E-state index contributed by atoms with van der Waals surface area (Å²) in [4.78, 5) is 59.8. The number of aliphatic hydroxyl groups is 1. The number of amides is 1. The van der Waals surface area contributed by atoms with Crippen molar-refractivity contribution in [1.29, 1.82) is 0 Å². The van der Waals surface area contributed by atoms with Gasteiger partial charge in [-0.2, -0.15) is 0 Å². The SMILES string of the molecule is CC(=O)CN(C)CCN(CCN(CCN(C)CC(C)=O)C(=O)CCCN=C(N)Nc1ccccc1NO)CC(C)=O.CO. The minimum atomic E-state index is -0.0470. The number of guanidine groups is 1. The molecule has 244 valence electrons. The Hall–Kier alpha value is -3.43. The van der Waals surface area contributed by atoms with Gasteiger partial charge in [-0.3, -0.25) is 49.6 Å². The van der Waals surface area contributed by atoms with Gasteiger partial charge >= 0.3 is 0 Å². The number of likely N-dealkylation sites (N-methyl/N-ethyl adjacent to an activating group) is 2. The van der Waals surface area contributed by atoms with Crippen LogP contribution in [0.3, 0.4) is 0 Å². The molecule has 6 N–H and O–H groups in total. The zero-order valence-corrected chi connectivity index (χ0v) is 26.6. The topological polar surface area (TPSA) is 184 Å². The lowest BCUT2D eigenvalue weighted by Gasteiger charge is -2.29. The van der Waals surface area contributed by atoms with Crippen LogP contribution >= 0.6 is 0 Å². The molecule has 0 bridgehead atoms. The molecular weight excluding hydrogens is 556 g/mol. The fourth-order valence-corrected chi connectivity index (χ4v) is 4.19. The van der Waals surface area contributed by atoms with Crippen molar-refractivity contribution in [3.05, 3.63) is 24.3 Å². The monoisotopic (exact) mass is 608 g/mol. The van der Waals surface area contributed by atoms with E-state index in [4.69, 9.17) is 10.8 Å². The molecule has 0 aliphatic heterocycles.